The molecule has 2 nitrogen and oxygen atoms in total. The Morgan fingerprint density at radius 3 is 2.72 bits per heavy atom. The molecule has 1 N–H and O–H groups in total. The molecule has 0 aromatic heterocycles. The van der Waals surface area contributed by atoms with Crippen molar-refractivity contribution in [3.05, 3.63) is 29.6 Å². The maximum atomic E-state index is 13.0. The highest BCUT2D eigenvalue weighted by atomic mass is 32.1. The maximum Gasteiger partial charge on any atom is 0.251 e. The van der Waals surface area contributed by atoms with Crippen molar-refractivity contribution in [1.29, 1.82) is 0 Å². The summed E-state index contributed by atoms with van der Waals surface area (Å²) < 4.78 is 13.0. The minimum atomic E-state index is -0.405. The topological polar surface area (TPSA) is 29.1 Å². The van der Waals surface area contributed by atoms with Crippen molar-refractivity contribution in [3.8, 4) is 0 Å². The molecular formula is C14H18FNOS. The lowest BCUT2D eigenvalue weighted by atomic mass is 9.89. The fourth-order valence-electron chi connectivity index (χ4n) is 2.45. The Balaban J connectivity index is 1.97. The van der Waals surface area contributed by atoms with Crippen LogP contribution in [-0.2, 0) is 0 Å². The first-order valence-electron chi connectivity index (χ1n) is 6.27. The third kappa shape index (κ3) is 3.05. The molecule has 1 saturated carbocycles. The molecule has 98 valence electrons. The molecule has 0 radical (unpaired) electrons. The van der Waals surface area contributed by atoms with Crippen LogP contribution in [-0.4, -0.2) is 12.5 Å². The Morgan fingerprint density at radius 2 is 2.11 bits per heavy atom. The molecule has 1 amide bonds. The summed E-state index contributed by atoms with van der Waals surface area (Å²) >= 11 is 3.98. The minimum absolute atomic E-state index is 0.154. The van der Waals surface area contributed by atoms with Crippen LogP contribution < -0.4 is 5.32 Å². The quantitative estimate of drug-likeness (QED) is 0.807. The van der Waals surface area contributed by atoms with Gasteiger partial charge in [-0.2, -0.15) is 0 Å². The highest BCUT2D eigenvalue weighted by Gasteiger charge is 2.28. The molecule has 0 heterocycles. The molecule has 2 rings (SSSR count). The van der Waals surface area contributed by atoms with Crippen molar-refractivity contribution < 1.29 is 9.18 Å². The number of benzene rings is 1. The van der Waals surface area contributed by atoms with E-state index < -0.39 is 5.82 Å². The minimum Gasteiger partial charge on any atom is -0.351 e. The SMILES string of the molecule is CC1(CNC(=O)c2ccc(F)c(S)c2)CCCC1. The fraction of sp³-hybridized carbons (Fsp3) is 0.500. The number of halogens is 1. The molecule has 18 heavy (non-hydrogen) atoms. The molecule has 1 aliphatic carbocycles. The zero-order valence-electron chi connectivity index (χ0n) is 10.5. The lowest BCUT2D eigenvalue weighted by molar-refractivity contribution is 0.0934. The van der Waals surface area contributed by atoms with Gasteiger partial charge < -0.3 is 5.32 Å². The van der Waals surface area contributed by atoms with Crippen LogP contribution in [0.3, 0.4) is 0 Å². The van der Waals surface area contributed by atoms with Crippen molar-refractivity contribution in [1.82, 2.24) is 5.32 Å². The number of thiol groups is 1. The van der Waals surface area contributed by atoms with Crippen LogP contribution in [0.5, 0.6) is 0 Å². The molecule has 1 fully saturated rings. The lowest BCUT2D eigenvalue weighted by Gasteiger charge is -2.23. The maximum absolute atomic E-state index is 13.0. The summed E-state index contributed by atoms with van der Waals surface area (Å²) in [5.41, 5.74) is 0.683. The smallest absolute Gasteiger partial charge is 0.251 e. The van der Waals surface area contributed by atoms with Crippen LogP contribution in [0.4, 0.5) is 4.39 Å². The van der Waals surface area contributed by atoms with Crippen LogP contribution >= 0.6 is 12.6 Å². The van der Waals surface area contributed by atoms with Gasteiger partial charge in [0.25, 0.3) is 5.91 Å². The van der Waals surface area contributed by atoms with Gasteiger partial charge in [-0.05, 0) is 36.5 Å². The van der Waals surface area contributed by atoms with Gasteiger partial charge in [-0.1, -0.05) is 19.8 Å². The summed E-state index contributed by atoms with van der Waals surface area (Å²) in [5, 5.41) is 2.93. The van der Waals surface area contributed by atoms with Gasteiger partial charge in [0.15, 0.2) is 0 Å². The van der Waals surface area contributed by atoms with E-state index in [1.807, 2.05) is 0 Å². The third-order valence-electron chi connectivity index (χ3n) is 3.69. The highest BCUT2D eigenvalue weighted by molar-refractivity contribution is 7.80. The Hall–Kier alpha value is -1.03. The van der Waals surface area contributed by atoms with Crippen molar-refractivity contribution in [3.63, 3.8) is 0 Å². The summed E-state index contributed by atoms with van der Waals surface area (Å²) in [6.07, 6.45) is 4.80. The first-order chi connectivity index (χ1) is 8.50. The number of amides is 1. The number of carbonyl (C=O) groups is 1. The van der Waals surface area contributed by atoms with Crippen LogP contribution in [0.1, 0.15) is 43.0 Å². The fourth-order valence-corrected chi connectivity index (χ4v) is 2.67. The molecule has 0 saturated heterocycles. The summed E-state index contributed by atoms with van der Waals surface area (Å²) in [7, 11) is 0. The van der Waals surface area contributed by atoms with E-state index >= 15 is 0 Å². The predicted octanol–water partition coefficient (Wildman–Crippen LogP) is 3.42. The van der Waals surface area contributed by atoms with E-state index in [2.05, 4.69) is 24.9 Å². The van der Waals surface area contributed by atoms with E-state index in [0.29, 0.717) is 12.1 Å². The molecule has 0 bridgehead atoms. The summed E-state index contributed by atoms with van der Waals surface area (Å²) in [6, 6.07) is 4.22. The average Bonchev–Trinajstić information content (AvgIpc) is 2.77. The Labute approximate surface area is 112 Å². The first kappa shape index (κ1) is 13.4. The molecule has 0 atom stereocenters. The van der Waals surface area contributed by atoms with Gasteiger partial charge in [-0.15, -0.1) is 12.6 Å². The van der Waals surface area contributed by atoms with Crippen LogP contribution in [0.15, 0.2) is 23.1 Å². The monoisotopic (exact) mass is 267 g/mol. The second kappa shape index (κ2) is 5.31. The summed E-state index contributed by atoms with van der Waals surface area (Å²) in [6.45, 7) is 2.89. The van der Waals surface area contributed by atoms with Crippen molar-refractivity contribution in [2.75, 3.05) is 6.54 Å². The van der Waals surface area contributed by atoms with Gasteiger partial charge in [0, 0.05) is 17.0 Å². The van der Waals surface area contributed by atoms with Gasteiger partial charge in [0.2, 0.25) is 0 Å². The highest BCUT2D eigenvalue weighted by Crippen LogP contribution is 2.36. The number of carbonyl (C=O) groups excluding carboxylic acids is 1. The van der Waals surface area contributed by atoms with Crippen molar-refractivity contribution >= 4 is 18.5 Å². The predicted molar refractivity (Wildman–Crippen MR) is 72.6 cm³/mol. The van der Waals surface area contributed by atoms with Crippen LogP contribution in [0.2, 0.25) is 0 Å². The largest absolute Gasteiger partial charge is 0.351 e. The number of hydrogen-bond donors (Lipinski definition) is 2. The third-order valence-corrected chi connectivity index (χ3v) is 4.04. The van der Waals surface area contributed by atoms with Gasteiger partial charge in [-0.25, -0.2) is 4.39 Å². The van der Waals surface area contributed by atoms with E-state index in [1.165, 1.54) is 31.0 Å². The van der Waals surface area contributed by atoms with Crippen LogP contribution in [0, 0.1) is 11.2 Å². The Kier molecular flexibility index (Phi) is 3.95. The summed E-state index contributed by atoms with van der Waals surface area (Å²) in [4.78, 5) is 12.1. The molecule has 1 aromatic rings. The van der Waals surface area contributed by atoms with Crippen LogP contribution in [0.25, 0.3) is 0 Å². The van der Waals surface area contributed by atoms with E-state index in [0.717, 1.165) is 12.8 Å². The van der Waals surface area contributed by atoms with Crippen molar-refractivity contribution in [2.45, 2.75) is 37.5 Å². The lowest BCUT2D eigenvalue weighted by Crippen LogP contribution is -2.34. The number of hydrogen-bond acceptors (Lipinski definition) is 2. The molecule has 1 aromatic carbocycles. The number of nitrogens with one attached hydrogen (secondary N) is 1. The molecule has 4 heteroatoms. The first-order valence-corrected chi connectivity index (χ1v) is 6.72. The van der Waals surface area contributed by atoms with E-state index in [4.69, 9.17) is 0 Å². The van der Waals surface area contributed by atoms with E-state index in [-0.39, 0.29) is 16.2 Å². The van der Waals surface area contributed by atoms with Gasteiger partial charge in [-0.3, -0.25) is 4.79 Å². The second-order valence-corrected chi connectivity index (χ2v) is 5.85. The van der Waals surface area contributed by atoms with E-state index in [9.17, 15) is 9.18 Å². The molecule has 0 aliphatic heterocycles. The van der Waals surface area contributed by atoms with Gasteiger partial charge >= 0.3 is 0 Å². The molecular weight excluding hydrogens is 249 g/mol. The van der Waals surface area contributed by atoms with E-state index in [1.54, 1.807) is 0 Å². The summed E-state index contributed by atoms with van der Waals surface area (Å²) in [5.74, 6) is -0.559. The molecule has 0 unspecified atom stereocenters. The standard InChI is InChI=1S/C14H18FNOS/c1-14(6-2-3-7-14)9-16-13(17)10-4-5-11(15)12(18)8-10/h4-5,8,18H,2-3,6-7,9H2,1H3,(H,16,17). The Bertz CT molecular complexity index is 455. The number of rotatable bonds is 3. The van der Waals surface area contributed by atoms with Gasteiger partial charge in [0.05, 0.1) is 0 Å². The normalized spacial score (nSPS) is 17.7. The molecule has 1 aliphatic rings. The zero-order chi connectivity index (χ0) is 13.2. The average molecular weight is 267 g/mol. The Morgan fingerprint density at radius 1 is 1.44 bits per heavy atom. The van der Waals surface area contributed by atoms with Gasteiger partial charge in [0.1, 0.15) is 5.82 Å². The second-order valence-electron chi connectivity index (χ2n) is 5.37. The zero-order valence-corrected chi connectivity index (χ0v) is 11.4. The van der Waals surface area contributed by atoms with Crippen molar-refractivity contribution in [2.24, 2.45) is 5.41 Å². The molecule has 0 spiro atoms.